The molecule has 0 aliphatic heterocycles. The van der Waals surface area contributed by atoms with E-state index in [1.807, 2.05) is 26.2 Å². The zero-order chi connectivity index (χ0) is 10.8. The molecule has 0 atom stereocenters. The van der Waals surface area contributed by atoms with Gasteiger partial charge in [0, 0.05) is 31.1 Å². The molecule has 0 aromatic carbocycles. The minimum absolute atomic E-state index is 0.249. The first-order valence-corrected chi connectivity index (χ1v) is 4.51. The van der Waals surface area contributed by atoms with Gasteiger partial charge in [0.05, 0.1) is 0 Å². The molecular formula is C9H12N6. The lowest BCUT2D eigenvalue weighted by Gasteiger charge is -2.05. The maximum Gasteiger partial charge on any atom is 0.221 e. The van der Waals surface area contributed by atoms with E-state index in [0.717, 1.165) is 11.4 Å². The van der Waals surface area contributed by atoms with Gasteiger partial charge in [-0.2, -0.15) is 10.1 Å². The third-order valence-corrected chi connectivity index (χ3v) is 1.95. The summed E-state index contributed by atoms with van der Waals surface area (Å²) in [6.07, 6.45) is 3.52. The van der Waals surface area contributed by atoms with E-state index in [1.165, 1.54) is 0 Å². The number of aryl methyl sites for hydroxylation is 2. The number of hydrogen-bond donors (Lipinski definition) is 2. The third-order valence-electron chi connectivity index (χ3n) is 1.95. The van der Waals surface area contributed by atoms with Crippen LogP contribution in [0.2, 0.25) is 0 Å². The van der Waals surface area contributed by atoms with E-state index in [-0.39, 0.29) is 5.95 Å². The Morgan fingerprint density at radius 2 is 2.27 bits per heavy atom. The summed E-state index contributed by atoms with van der Waals surface area (Å²) in [4.78, 5) is 7.97. The lowest BCUT2D eigenvalue weighted by atomic mass is 10.3. The molecule has 3 N–H and O–H groups in total. The number of anilines is 3. The highest BCUT2D eigenvalue weighted by Crippen LogP contribution is 2.15. The van der Waals surface area contributed by atoms with Gasteiger partial charge in [-0.25, -0.2) is 4.98 Å². The largest absolute Gasteiger partial charge is 0.368 e. The lowest BCUT2D eigenvalue weighted by molar-refractivity contribution is 0.771. The van der Waals surface area contributed by atoms with Crippen molar-refractivity contribution >= 4 is 17.6 Å². The Hall–Kier alpha value is -2.11. The Balaban J connectivity index is 2.27. The van der Waals surface area contributed by atoms with Gasteiger partial charge in [0.2, 0.25) is 5.95 Å². The van der Waals surface area contributed by atoms with Gasteiger partial charge in [-0.1, -0.05) is 0 Å². The normalized spacial score (nSPS) is 10.3. The van der Waals surface area contributed by atoms with Gasteiger partial charge in [-0.05, 0) is 6.92 Å². The Kier molecular flexibility index (Phi) is 2.24. The quantitative estimate of drug-likeness (QED) is 0.757. The van der Waals surface area contributed by atoms with Crippen LogP contribution in [0.1, 0.15) is 5.56 Å². The molecule has 0 bridgehead atoms. The zero-order valence-electron chi connectivity index (χ0n) is 8.60. The van der Waals surface area contributed by atoms with Crippen molar-refractivity contribution in [3.63, 3.8) is 0 Å². The second kappa shape index (κ2) is 3.56. The minimum atomic E-state index is 0.249. The average Bonchev–Trinajstić information content (AvgIpc) is 2.58. The van der Waals surface area contributed by atoms with Crippen LogP contribution in [0.15, 0.2) is 18.5 Å². The van der Waals surface area contributed by atoms with Crippen molar-refractivity contribution in [2.45, 2.75) is 6.92 Å². The summed E-state index contributed by atoms with van der Waals surface area (Å²) in [6, 6.07) is 1.86. The SMILES string of the molecule is Cc1cnc(N)nc1Nc1ccn(C)n1. The summed E-state index contributed by atoms with van der Waals surface area (Å²) in [5.41, 5.74) is 6.42. The molecule has 2 aromatic rings. The summed E-state index contributed by atoms with van der Waals surface area (Å²) >= 11 is 0. The van der Waals surface area contributed by atoms with Gasteiger partial charge in [-0.3, -0.25) is 4.68 Å². The van der Waals surface area contributed by atoms with E-state index in [4.69, 9.17) is 5.73 Å². The fraction of sp³-hybridized carbons (Fsp3) is 0.222. The van der Waals surface area contributed by atoms with E-state index in [0.29, 0.717) is 5.82 Å². The second-order valence-electron chi connectivity index (χ2n) is 3.26. The highest BCUT2D eigenvalue weighted by atomic mass is 15.3. The number of aromatic nitrogens is 4. The first kappa shape index (κ1) is 9.45. The number of hydrogen-bond acceptors (Lipinski definition) is 5. The Morgan fingerprint density at radius 1 is 1.47 bits per heavy atom. The number of nitrogen functional groups attached to an aromatic ring is 1. The van der Waals surface area contributed by atoms with Crippen LogP contribution in [0.5, 0.6) is 0 Å². The minimum Gasteiger partial charge on any atom is -0.368 e. The molecule has 15 heavy (non-hydrogen) atoms. The molecule has 0 spiro atoms. The van der Waals surface area contributed by atoms with Crippen LogP contribution in [0.4, 0.5) is 17.6 Å². The molecule has 0 amide bonds. The first-order chi connectivity index (χ1) is 7.15. The predicted octanol–water partition coefficient (Wildman–Crippen LogP) is 0.844. The van der Waals surface area contributed by atoms with Crippen molar-refractivity contribution in [3.05, 3.63) is 24.0 Å². The molecule has 0 unspecified atom stereocenters. The molecule has 2 aromatic heterocycles. The lowest BCUT2D eigenvalue weighted by Crippen LogP contribution is -2.02. The molecule has 0 aliphatic rings. The molecule has 0 saturated heterocycles. The molecule has 78 valence electrons. The summed E-state index contributed by atoms with van der Waals surface area (Å²) in [7, 11) is 1.85. The third kappa shape index (κ3) is 2.04. The molecule has 2 rings (SSSR count). The molecule has 6 heteroatoms. The van der Waals surface area contributed by atoms with E-state index >= 15 is 0 Å². The van der Waals surface area contributed by atoms with Gasteiger partial charge in [0.25, 0.3) is 0 Å². The van der Waals surface area contributed by atoms with Gasteiger partial charge in [-0.15, -0.1) is 0 Å². The van der Waals surface area contributed by atoms with Crippen LogP contribution in [0.3, 0.4) is 0 Å². The molecule has 0 fully saturated rings. The van der Waals surface area contributed by atoms with Crippen LogP contribution < -0.4 is 11.1 Å². The Morgan fingerprint density at radius 3 is 2.93 bits per heavy atom. The Bertz CT molecular complexity index is 475. The van der Waals surface area contributed by atoms with E-state index in [1.54, 1.807) is 10.9 Å². The van der Waals surface area contributed by atoms with Gasteiger partial charge >= 0.3 is 0 Å². The van der Waals surface area contributed by atoms with E-state index < -0.39 is 0 Å². The van der Waals surface area contributed by atoms with Crippen molar-refractivity contribution in [2.75, 3.05) is 11.1 Å². The van der Waals surface area contributed by atoms with Crippen molar-refractivity contribution in [1.82, 2.24) is 19.7 Å². The highest BCUT2D eigenvalue weighted by Gasteiger charge is 2.03. The van der Waals surface area contributed by atoms with Crippen LogP contribution >= 0.6 is 0 Å². The maximum atomic E-state index is 5.50. The smallest absolute Gasteiger partial charge is 0.221 e. The van der Waals surface area contributed by atoms with E-state index in [2.05, 4.69) is 20.4 Å². The molecular weight excluding hydrogens is 192 g/mol. The van der Waals surface area contributed by atoms with Crippen molar-refractivity contribution < 1.29 is 0 Å². The molecule has 0 aliphatic carbocycles. The Labute approximate surface area is 87.2 Å². The average molecular weight is 204 g/mol. The standard InChI is InChI=1S/C9H12N6/c1-6-5-11-9(10)13-8(6)12-7-3-4-15(2)14-7/h3-5H,1-2H3,(H3,10,11,12,13,14). The van der Waals surface area contributed by atoms with Crippen molar-refractivity contribution in [2.24, 2.45) is 7.05 Å². The first-order valence-electron chi connectivity index (χ1n) is 4.51. The van der Waals surface area contributed by atoms with Crippen LogP contribution in [-0.2, 0) is 7.05 Å². The molecule has 6 nitrogen and oxygen atoms in total. The molecule has 2 heterocycles. The topological polar surface area (TPSA) is 81.6 Å². The van der Waals surface area contributed by atoms with Crippen LogP contribution in [0, 0.1) is 6.92 Å². The predicted molar refractivity (Wildman–Crippen MR) is 57.7 cm³/mol. The zero-order valence-corrected chi connectivity index (χ0v) is 8.60. The number of nitrogens with two attached hydrogens (primary N) is 1. The van der Waals surface area contributed by atoms with Gasteiger partial charge < -0.3 is 11.1 Å². The molecule has 0 saturated carbocycles. The number of rotatable bonds is 2. The second-order valence-corrected chi connectivity index (χ2v) is 3.26. The van der Waals surface area contributed by atoms with Crippen LogP contribution in [0.25, 0.3) is 0 Å². The molecule has 0 radical (unpaired) electrons. The maximum absolute atomic E-state index is 5.50. The summed E-state index contributed by atoms with van der Waals surface area (Å²) in [5, 5.41) is 7.25. The van der Waals surface area contributed by atoms with Gasteiger partial charge in [0.15, 0.2) is 5.82 Å². The van der Waals surface area contributed by atoms with Crippen molar-refractivity contribution in [1.29, 1.82) is 0 Å². The summed E-state index contributed by atoms with van der Waals surface area (Å²) in [5.74, 6) is 1.67. The number of nitrogens with one attached hydrogen (secondary N) is 1. The van der Waals surface area contributed by atoms with E-state index in [9.17, 15) is 0 Å². The fourth-order valence-electron chi connectivity index (χ4n) is 1.19. The van der Waals surface area contributed by atoms with Gasteiger partial charge in [0.1, 0.15) is 5.82 Å². The van der Waals surface area contributed by atoms with Crippen LogP contribution in [-0.4, -0.2) is 19.7 Å². The summed E-state index contributed by atoms with van der Waals surface area (Å²) < 4.78 is 1.71. The fourth-order valence-corrected chi connectivity index (χ4v) is 1.19. The monoisotopic (exact) mass is 204 g/mol. The number of nitrogens with zero attached hydrogens (tertiary/aromatic N) is 4. The highest BCUT2D eigenvalue weighted by molar-refractivity contribution is 5.55. The van der Waals surface area contributed by atoms with Crippen molar-refractivity contribution in [3.8, 4) is 0 Å². The summed E-state index contributed by atoms with van der Waals surface area (Å²) in [6.45, 7) is 1.91.